The van der Waals surface area contributed by atoms with Gasteiger partial charge in [0.25, 0.3) is 0 Å². The van der Waals surface area contributed by atoms with Crippen LogP contribution >= 0.6 is 11.8 Å². The molecule has 1 unspecified atom stereocenters. The van der Waals surface area contributed by atoms with Crippen LogP contribution in [0.4, 0.5) is 0 Å². The number of carbonyl (C=O) groups excluding carboxylic acids is 3. The Hall–Kier alpha value is -5.21. The first-order valence-corrected chi connectivity index (χ1v) is 20.3. The number of fused-ring (bicyclic) bond motifs is 9. The Morgan fingerprint density at radius 2 is 1.72 bits per heavy atom. The van der Waals surface area contributed by atoms with E-state index in [4.69, 9.17) is 33.2 Å². The van der Waals surface area contributed by atoms with Crippen molar-refractivity contribution in [2.75, 3.05) is 47.0 Å². The molecule has 58 heavy (non-hydrogen) atoms. The van der Waals surface area contributed by atoms with Gasteiger partial charge in [0.15, 0.2) is 40.0 Å². The summed E-state index contributed by atoms with van der Waals surface area (Å²) < 4.78 is 42.5. The highest BCUT2D eigenvalue weighted by atomic mass is 32.2. The minimum absolute atomic E-state index is 0.0343. The van der Waals surface area contributed by atoms with E-state index in [1.165, 1.54) is 32.7 Å². The number of likely N-dealkylation sites (N-methyl/N-ethyl adjacent to an activating group) is 1. The predicted molar refractivity (Wildman–Crippen MR) is 208 cm³/mol. The van der Waals surface area contributed by atoms with Crippen LogP contribution in [0.1, 0.15) is 75.7 Å². The third-order valence-electron chi connectivity index (χ3n) is 12.7. The topological polar surface area (TPSA) is 178 Å². The highest BCUT2D eigenvalue weighted by Crippen LogP contribution is 2.64. The molecule has 2 N–H and O–H groups in total. The highest BCUT2D eigenvalue weighted by molar-refractivity contribution is 7.99. The van der Waals surface area contributed by atoms with Crippen LogP contribution in [0.5, 0.6) is 40.2 Å². The molecule has 0 radical (unpaired) electrons. The van der Waals surface area contributed by atoms with Crippen molar-refractivity contribution >= 4 is 29.7 Å². The lowest BCUT2D eigenvalue weighted by molar-refractivity contribution is -0.157. The van der Waals surface area contributed by atoms with Gasteiger partial charge in [-0.25, -0.2) is 4.79 Å². The van der Waals surface area contributed by atoms with Crippen LogP contribution in [0.25, 0.3) is 0 Å². The lowest BCUT2D eigenvalue weighted by atomic mass is 9.71. The van der Waals surface area contributed by atoms with Gasteiger partial charge in [0.05, 0.1) is 37.6 Å². The van der Waals surface area contributed by atoms with Gasteiger partial charge in [0.1, 0.15) is 18.4 Å². The van der Waals surface area contributed by atoms with E-state index in [-0.39, 0.29) is 36.7 Å². The number of aryl methyl sites for hydroxylation is 1. The Kier molecular flexibility index (Phi) is 9.23. The fourth-order valence-electron chi connectivity index (χ4n) is 10.4. The molecule has 0 aromatic heterocycles. The second-order valence-corrected chi connectivity index (χ2v) is 16.8. The first-order chi connectivity index (χ1) is 27.8. The molecular weight excluding hydrogens is 769 g/mol. The number of rotatable bonds is 4. The molecule has 4 bridgehead atoms. The van der Waals surface area contributed by atoms with Crippen molar-refractivity contribution in [2.24, 2.45) is 0 Å². The van der Waals surface area contributed by atoms with Crippen molar-refractivity contribution in [3.8, 4) is 46.3 Å². The van der Waals surface area contributed by atoms with E-state index in [0.717, 1.165) is 22.3 Å². The molecule has 15 nitrogen and oxygen atoms in total. The van der Waals surface area contributed by atoms with Crippen molar-refractivity contribution < 1.29 is 52.6 Å². The van der Waals surface area contributed by atoms with Crippen molar-refractivity contribution in [3.63, 3.8) is 0 Å². The summed E-state index contributed by atoms with van der Waals surface area (Å²) in [5, 5.41) is 24.9. The second-order valence-electron chi connectivity index (χ2n) is 15.7. The maximum absolute atomic E-state index is 14.8. The van der Waals surface area contributed by atoms with Gasteiger partial charge in [-0.1, -0.05) is 6.07 Å². The number of benzene rings is 3. The third-order valence-corrected chi connectivity index (χ3v) is 14.1. The first kappa shape index (κ1) is 38.3. The number of phenolic OH excluding ortho intramolecular Hbond substituents is 1. The molecule has 7 atom stereocenters. The van der Waals surface area contributed by atoms with Crippen LogP contribution in [0.2, 0.25) is 0 Å². The molecule has 0 aliphatic carbocycles. The number of thioether (sulfide) groups is 1. The zero-order valence-corrected chi connectivity index (χ0v) is 34.0. The van der Waals surface area contributed by atoms with Crippen molar-refractivity contribution in [2.45, 2.75) is 81.5 Å². The SMILES string of the molecule is COc1cc2c(cc1O)CCN[C@]21CS[C@@H]2c3c(OC(C)=O)c(C)c4c(c3[C@@H](COC1=O)N1C2[C@H]2c3c(cc(C)c(OC)c3OC(C)=O)C[C@@H]([C@@H]1C#N)N2C)OCO4. The van der Waals surface area contributed by atoms with Gasteiger partial charge < -0.3 is 38.3 Å². The number of nitrogens with zero attached hydrogens (tertiary/aromatic N) is 3. The van der Waals surface area contributed by atoms with Gasteiger partial charge in [-0.15, -0.1) is 11.8 Å². The zero-order valence-electron chi connectivity index (χ0n) is 33.2. The van der Waals surface area contributed by atoms with Crippen molar-refractivity contribution in [1.82, 2.24) is 15.1 Å². The third kappa shape index (κ3) is 5.39. The molecule has 7 aliphatic rings. The Balaban J connectivity index is 1.35. The van der Waals surface area contributed by atoms with Crippen molar-refractivity contribution in [3.05, 3.63) is 62.7 Å². The summed E-state index contributed by atoms with van der Waals surface area (Å²) in [5.74, 6) is 0.662. The molecule has 304 valence electrons. The maximum Gasteiger partial charge on any atom is 0.331 e. The number of carbonyl (C=O) groups is 3. The number of hydrogen-bond acceptors (Lipinski definition) is 16. The van der Waals surface area contributed by atoms with Gasteiger partial charge in [0, 0.05) is 60.5 Å². The molecule has 16 heteroatoms. The number of methoxy groups -OCH3 is 2. The molecule has 7 heterocycles. The molecule has 3 aromatic carbocycles. The Labute approximate surface area is 339 Å². The fraction of sp³-hybridized carbons (Fsp3) is 0.476. The van der Waals surface area contributed by atoms with E-state index in [2.05, 4.69) is 21.2 Å². The molecule has 0 amide bonds. The molecule has 7 aliphatic heterocycles. The van der Waals surface area contributed by atoms with E-state index in [9.17, 15) is 24.8 Å². The quantitative estimate of drug-likeness (QED) is 0.283. The van der Waals surface area contributed by atoms with Gasteiger partial charge in [-0.2, -0.15) is 5.26 Å². The minimum atomic E-state index is -1.39. The second kappa shape index (κ2) is 14.0. The summed E-state index contributed by atoms with van der Waals surface area (Å²) in [7, 11) is 4.99. The summed E-state index contributed by atoms with van der Waals surface area (Å²) in [6.07, 6.45) is 1.01. The lowest BCUT2D eigenvalue weighted by Gasteiger charge is -2.62. The molecular formula is C42H44N4O11S. The number of ether oxygens (including phenoxy) is 7. The van der Waals surface area contributed by atoms with Crippen LogP contribution in [-0.2, 0) is 37.5 Å². The highest BCUT2D eigenvalue weighted by Gasteiger charge is 2.62. The average molecular weight is 813 g/mol. The summed E-state index contributed by atoms with van der Waals surface area (Å²) in [5.41, 5.74) is 4.36. The summed E-state index contributed by atoms with van der Waals surface area (Å²) >= 11 is 1.47. The number of nitrogens with one attached hydrogen (secondary N) is 1. The van der Waals surface area contributed by atoms with Crippen molar-refractivity contribution in [1.29, 1.82) is 5.26 Å². The van der Waals surface area contributed by atoms with Gasteiger partial charge in [-0.3, -0.25) is 24.7 Å². The number of aromatic hydroxyl groups is 1. The smallest absolute Gasteiger partial charge is 0.331 e. The summed E-state index contributed by atoms with van der Waals surface area (Å²) in [6.45, 7) is 6.57. The molecule has 3 aromatic rings. The largest absolute Gasteiger partial charge is 0.504 e. The van der Waals surface area contributed by atoms with Crippen LogP contribution in [0, 0.1) is 25.2 Å². The number of nitriles is 1. The van der Waals surface area contributed by atoms with Gasteiger partial charge >= 0.3 is 17.9 Å². The minimum Gasteiger partial charge on any atom is -0.504 e. The first-order valence-electron chi connectivity index (χ1n) is 19.2. The predicted octanol–water partition coefficient (Wildman–Crippen LogP) is 4.21. The van der Waals surface area contributed by atoms with E-state index < -0.39 is 52.9 Å². The molecule has 2 saturated heterocycles. The Morgan fingerprint density at radius 3 is 2.43 bits per heavy atom. The van der Waals surface area contributed by atoms with E-state index in [0.29, 0.717) is 70.4 Å². The normalized spacial score (nSPS) is 27.9. The number of esters is 3. The average Bonchev–Trinajstić information content (AvgIpc) is 3.68. The fourth-order valence-corrected chi connectivity index (χ4v) is 12.1. The zero-order chi connectivity index (χ0) is 40.9. The Morgan fingerprint density at radius 1 is 0.983 bits per heavy atom. The van der Waals surface area contributed by atoms with Crippen LogP contribution in [-0.4, -0.2) is 97.9 Å². The van der Waals surface area contributed by atoms with E-state index in [1.807, 2.05) is 27.0 Å². The molecule has 1 spiro atoms. The van der Waals surface area contributed by atoms with E-state index in [1.54, 1.807) is 19.2 Å². The molecule has 10 rings (SSSR count). The van der Waals surface area contributed by atoms with E-state index >= 15 is 0 Å². The number of piperazine rings is 1. The summed E-state index contributed by atoms with van der Waals surface area (Å²) in [4.78, 5) is 45.0. The summed E-state index contributed by atoms with van der Waals surface area (Å²) in [6, 6.07) is 5.11. The van der Waals surface area contributed by atoms with Gasteiger partial charge in [0.2, 0.25) is 6.79 Å². The van der Waals surface area contributed by atoms with Crippen LogP contribution < -0.4 is 33.7 Å². The van der Waals surface area contributed by atoms with Gasteiger partial charge in [-0.05, 0) is 68.1 Å². The number of phenols is 1. The monoisotopic (exact) mass is 812 g/mol. The standard InChI is InChI=1S/C42H44N4O11S/c1-18-10-23-11-25-26(14-43)46-27-15-53-41(50)42(24-13-29(51-6)28(49)12-22(24)8-9-44-42)16-58-40(32-31(27)38-37(54-17-55-38)19(2)36(32)56-20(3)47)34(46)33(45(25)5)30(23)39(35(18)52-7)57-21(4)48/h10,12-13,25-27,33-34,40,44,49H,8-9,11,15-17H2,1-7H3/t25-,26-,27+,33+,34?,40+,42+/m0/s1. The lowest BCUT2D eigenvalue weighted by Crippen LogP contribution is -2.69. The van der Waals surface area contributed by atoms with Crippen LogP contribution in [0.3, 0.4) is 0 Å². The molecule has 0 saturated carbocycles. The maximum atomic E-state index is 14.8. The molecule has 2 fully saturated rings. The Bertz CT molecular complexity index is 2350. The van der Waals surface area contributed by atoms with Crippen LogP contribution in [0.15, 0.2) is 18.2 Å². The number of hydrogen-bond donors (Lipinski definition) is 2.